The van der Waals surface area contributed by atoms with E-state index < -0.39 is 17.0 Å². The molecule has 13 heavy (non-hydrogen) atoms. The number of rotatable bonds is 7. The van der Waals surface area contributed by atoms with Crippen molar-refractivity contribution in [3.05, 3.63) is 0 Å². The fourth-order valence-electron chi connectivity index (χ4n) is 0.957. The lowest BCUT2D eigenvalue weighted by Gasteiger charge is -2.17. The zero-order valence-electron chi connectivity index (χ0n) is 7.30. The van der Waals surface area contributed by atoms with Crippen LogP contribution in [0.25, 0.3) is 0 Å². The third-order valence-corrected chi connectivity index (χ3v) is 3.16. The summed E-state index contributed by atoms with van der Waals surface area (Å²) in [6.45, 7) is 0. The first-order valence-electron chi connectivity index (χ1n) is 4.30. The third kappa shape index (κ3) is 6.81. The van der Waals surface area contributed by atoms with Crippen molar-refractivity contribution in [3.8, 4) is 0 Å². The number of alkyl halides is 3. The summed E-state index contributed by atoms with van der Waals surface area (Å²) >= 11 is 16.9. The van der Waals surface area contributed by atoms with E-state index in [4.69, 9.17) is 45.0 Å². The summed E-state index contributed by atoms with van der Waals surface area (Å²) < 4.78 is 0. The van der Waals surface area contributed by atoms with Crippen LogP contribution in [0.2, 0.25) is 0 Å². The molecule has 5 heteroatoms. The summed E-state index contributed by atoms with van der Waals surface area (Å²) in [4.78, 5) is 0. The van der Waals surface area contributed by atoms with Crippen LogP contribution >= 0.6 is 34.8 Å². The fraction of sp³-hybridized carbons (Fsp3) is 1.00. The lowest BCUT2D eigenvalue weighted by molar-refractivity contribution is -0.0424. The Labute approximate surface area is 93.8 Å². The maximum Gasteiger partial charge on any atom is 0.169 e. The van der Waals surface area contributed by atoms with Crippen molar-refractivity contribution >= 4 is 34.8 Å². The molecule has 0 aromatic carbocycles. The van der Waals surface area contributed by atoms with E-state index in [1.807, 2.05) is 0 Å². The SMILES string of the molecule is OC(O)C(Cl)C(Cl)CCCCCCl. The lowest BCUT2D eigenvalue weighted by atomic mass is 10.1. The van der Waals surface area contributed by atoms with Gasteiger partial charge in [-0.25, -0.2) is 0 Å². The van der Waals surface area contributed by atoms with E-state index in [-0.39, 0.29) is 0 Å². The summed E-state index contributed by atoms with van der Waals surface area (Å²) in [6.07, 6.45) is 2.01. The van der Waals surface area contributed by atoms with Crippen molar-refractivity contribution in [2.75, 3.05) is 5.88 Å². The summed E-state index contributed by atoms with van der Waals surface area (Å²) in [7, 11) is 0. The van der Waals surface area contributed by atoms with Crippen LogP contribution < -0.4 is 0 Å². The van der Waals surface area contributed by atoms with Gasteiger partial charge in [-0.2, -0.15) is 0 Å². The summed E-state index contributed by atoms with van der Waals surface area (Å²) in [6, 6.07) is 0. The molecule has 0 spiro atoms. The minimum atomic E-state index is -1.54. The van der Waals surface area contributed by atoms with Crippen molar-refractivity contribution in [3.63, 3.8) is 0 Å². The Morgan fingerprint density at radius 1 is 1.00 bits per heavy atom. The van der Waals surface area contributed by atoms with E-state index in [2.05, 4.69) is 0 Å². The van der Waals surface area contributed by atoms with Gasteiger partial charge in [0.05, 0.1) is 5.38 Å². The Morgan fingerprint density at radius 3 is 2.08 bits per heavy atom. The van der Waals surface area contributed by atoms with Gasteiger partial charge in [0.15, 0.2) is 6.29 Å². The molecule has 2 atom stereocenters. The van der Waals surface area contributed by atoms with Crippen molar-refractivity contribution in [2.45, 2.75) is 42.7 Å². The van der Waals surface area contributed by atoms with E-state index in [1.165, 1.54) is 0 Å². The van der Waals surface area contributed by atoms with Gasteiger partial charge in [-0.1, -0.05) is 12.8 Å². The Balaban J connectivity index is 3.44. The maximum atomic E-state index is 8.71. The number of halogens is 3. The topological polar surface area (TPSA) is 40.5 Å². The van der Waals surface area contributed by atoms with Gasteiger partial charge in [0.2, 0.25) is 0 Å². The molecule has 0 aliphatic heterocycles. The van der Waals surface area contributed by atoms with Crippen LogP contribution in [-0.2, 0) is 0 Å². The van der Waals surface area contributed by atoms with Crippen LogP contribution in [-0.4, -0.2) is 33.1 Å². The van der Waals surface area contributed by atoms with Crippen LogP contribution in [0, 0.1) is 0 Å². The summed E-state index contributed by atoms with van der Waals surface area (Å²) in [5, 5.41) is 16.2. The Kier molecular flexibility index (Phi) is 8.62. The molecule has 0 saturated carbocycles. The van der Waals surface area contributed by atoms with Gasteiger partial charge in [0, 0.05) is 5.88 Å². The third-order valence-electron chi connectivity index (χ3n) is 1.74. The first kappa shape index (κ1) is 13.8. The van der Waals surface area contributed by atoms with Crippen LogP contribution in [0.5, 0.6) is 0 Å². The van der Waals surface area contributed by atoms with Gasteiger partial charge < -0.3 is 10.2 Å². The fourth-order valence-corrected chi connectivity index (χ4v) is 1.56. The van der Waals surface area contributed by atoms with Gasteiger partial charge in [-0.3, -0.25) is 0 Å². The highest BCUT2D eigenvalue weighted by molar-refractivity contribution is 6.30. The Hall–Kier alpha value is 0.790. The predicted octanol–water partition coefficient (Wildman–Crippen LogP) is 2.31. The smallest absolute Gasteiger partial charge is 0.169 e. The number of aliphatic hydroxyl groups is 2. The summed E-state index contributed by atoms with van der Waals surface area (Å²) in [5.41, 5.74) is 0. The van der Waals surface area contributed by atoms with E-state index >= 15 is 0 Å². The van der Waals surface area contributed by atoms with E-state index in [0.29, 0.717) is 12.3 Å². The lowest BCUT2D eigenvalue weighted by Crippen LogP contribution is -2.29. The first-order chi connectivity index (χ1) is 6.09. The van der Waals surface area contributed by atoms with E-state index in [0.717, 1.165) is 19.3 Å². The van der Waals surface area contributed by atoms with Gasteiger partial charge in [0.25, 0.3) is 0 Å². The normalized spacial score (nSPS) is 16.2. The first-order valence-corrected chi connectivity index (χ1v) is 5.70. The molecule has 0 aliphatic rings. The summed E-state index contributed by atoms with van der Waals surface area (Å²) in [5.74, 6) is 0.653. The molecule has 0 aromatic heterocycles. The van der Waals surface area contributed by atoms with E-state index in [1.54, 1.807) is 0 Å². The number of aliphatic hydroxyl groups excluding tert-OH is 1. The molecule has 2 N–H and O–H groups in total. The molecule has 0 aliphatic carbocycles. The van der Waals surface area contributed by atoms with Gasteiger partial charge in [-0.05, 0) is 12.8 Å². The molecule has 0 bridgehead atoms. The second-order valence-electron chi connectivity index (χ2n) is 2.91. The molecule has 0 rings (SSSR count). The zero-order valence-corrected chi connectivity index (χ0v) is 9.56. The highest BCUT2D eigenvalue weighted by atomic mass is 35.5. The zero-order chi connectivity index (χ0) is 10.3. The molecule has 2 nitrogen and oxygen atoms in total. The highest BCUT2D eigenvalue weighted by Crippen LogP contribution is 2.19. The molecule has 0 amide bonds. The number of hydrogen-bond acceptors (Lipinski definition) is 2. The molecular weight excluding hydrogens is 234 g/mol. The molecule has 80 valence electrons. The standard InChI is InChI=1S/C8H15Cl3O2/c9-5-3-1-2-4-6(10)7(11)8(12)13/h6-8,12-13H,1-5H2. The van der Waals surface area contributed by atoms with Crippen molar-refractivity contribution < 1.29 is 10.2 Å². The van der Waals surface area contributed by atoms with Crippen LogP contribution in [0.1, 0.15) is 25.7 Å². The number of hydrogen-bond donors (Lipinski definition) is 2. The van der Waals surface area contributed by atoms with Crippen LogP contribution in [0.3, 0.4) is 0 Å². The monoisotopic (exact) mass is 248 g/mol. The van der Waals surface area contributed by atoms with Crippen LogP contribution in [0.4, 0.5) is 0 Å². The maximum absolute atomic E-state index is 8.71. The predicted molar refractivity (Wildman–Crippen MR) is 56.7 cm³/mol. The highest BCUT2D eigenvalue weighted by Gasteiger charge is 2.22. The molecule has 2 unspecified atom stereocenters. The molecule has 0 saturated heterocycles. The quantitative estimate of drug-likeness (QED) is 0.413. The average molecular weight is 250 g/mol. The largest absolute Gasteiger partial charge is 0.367 e. The average Bonchev–Trinajstić information content (AvgIpc) is 2.10. The van der Waals surface area contributed by atoms with Crippen molar-refractivity contribution in [2.24, 2.45) is 0 Å². The Morgan fingerprint density at radius 2 is 1.62 bits per heavy atom. The van der Waals surface area contributed by atoms with E-state index in [9.17, 15) is 0 Å². The Bertz CT molecular complexity index is 122. The molecule has 0 fully saturated rings. The van der Waals surface area contributed by atoms with Gasteiger partial charge in [0.1, 0.15) is 5.38 Å². The minimum Gasteiger partial charge on any atom is -0.367 e. The second-order valence-corrected chi connectivity index (χ2v) is 4.35. The van der Waals surface area contributed by atoms with Gasteiger partial charge in [-0.15, -0.1) is 34.8 Å². The minimum absolute atomic E-state index is 0.392. The molecule has 0 aromatic rings. The van der Waals surface area contributed by atoms with Gasteiger partial charge >= 0.3 is 0 Å². The second kappa shape index (κ2) is 8.13. The number of unbranched alkanes of at least 4 members (excludes halogenated alkanes) is 2. The molecule has 0 radical (unpaired) electrons. The van der Waals surface area contributed by atoms with Crippen molar-refractivity contribution in [1.82, 2.24) is 0 Å². The van der Waals surface area contributed by atoms with Crippen LogP contribution in [0.15, 0.2) is 0 Å². The molecule has 0 heterocycles. The van der Waals surface area contributed by atoms with Crippen molar-refractivity contribution in [1.29, 1.82) is 0 Å². The molecular formula is C8H15Cl3O2.